The van der Waals surface area contributed by atoms with Gasteiger partial charge in [0.25, 0.3) is 0 Å². The molecule has 0 aromatic heterocycles. The zero-order valence-electron chi connectivity index (χ0n) is 12.5. The number of ether oxygens (including phenoxy) is 2. The molecule has 22 heavy (non-hydrogen) atoms. The van der Waals surface area contributed by atoms with E-state index in [1.807, 2.05) is 0 Å². The second kappa shape index (κ2) is 6.91. The lowest BCUT2D eigenvalue weighted by Gasteiger charge is -2.24. The van der Waals surface area contributed by atoms with Crippen LogP contribution in [0.3, 0.4) is 0 Å². The Hall–Kier alpha value is -1.89. The van der Waals surface area contributed by atoms with Gasteiger partial charge in [-0.3, -0.25) is 4.79 Å². The molecule has 120 valence electrons. The number of aliphatic carboxylic acids is 1. The topological polar surface area (TPSA) is 84.9 Å². The Morgan fingerprint density at radius 1 is 1.32 bits per heavy atom. The van der Waals surface area contributed by atoms with E-state index in [4.69, 9.17) is 9.47 Å². The zero-order valence-corrected chi connectivity index (χ0v) is 13.4. The number of carbonyl (C=O) groups is 2. The first kappa shape index (κ1) is 16.5. The Morgan fingerprint density at radius 2 is 2.05 bits per heavy atom. The van der Waals surface area contributed by atoms with Gasteiger partial charge in [-0.2, -0.15) is 11.8 Å². The lowest BCUT2D eigenvalue weighted by molar-refractivity contribution is -0.146. The fraction of sp³-hybridized carbons (Fsp3) is 0.467. The molecular weight excluding hydrogens is 306 g/mol. The predicted molar refractivity (Wildman–Crippen MR) is 83.7 cm³/mol. The van der Waals surface area contributed by atoms with E-state index in [9.17, 15) is 14.7 Å². The van der Waals surface area contributed by atoms with Crippen LogP contribution in [-0.4, -0.2) is 48.2 Å². The van der Waals surface area contributed by atoms with Crippen molar-refractivity contribution in [1.82, 2.24) is 5.32 Å². The summed E-state index contributed by atoms with van der Waals surface area (Å²) in [5, 5.41) is 12.0. The summed E-state index contributed by atoms with van der Waals surface area (Å²) in [5.74, 6) is 0.983. The van der Waals surface area contributed by atoms with Crippen LogP contribution in [0.25, 0.3) is 0 Å². The Bertz CT molecular complexity index is 569. The fourth-order valence-corrected chi connectivity index (χ4v) is 3.70. The van der Waals surface area contributed by atoms with Crippen molar-refractivity contribution in [2.24, 2.45) is 0 Å². The lowest BCUT2D eigenvalue weighted by atomic mass is 9.98. The first-order chi connectivity index (χ1) is 10.5. The van der Waals surface area contributed by atoms with Gasteiger partial charge >= 0.3 is 5.97 Å². The highest BCUT2D eigenvalue weighted by molar-refractivity contribution is 7.99. The Morgan fingerprint density at radius 3 is 2.59 bits per heavy atom. The molecule has 0 spiro atoms. The summed E-state index contributed by atoms with van der Waals surface area (Å²) >= 11 is 1.54. The minimum absolute atomic E-state index is 0.0973. The van der Waals surface area contributed by atoms with Crippen molar-refractivity contribution in [1.29, 1.82) is 0 Å². The van der Waals surface area contributed by atoms with Gasteiger partial charge in [0.2, 0.25) is 5.91 Å². The van der Waals surface area contributed by atoms with Crippen molar-refractivity contribution in [2.45, 2.75) is 18.4 Å². The summed E-state index contributed by atoms with van der Waals surface area (Å²) in [4.78, 5) is 23.6. The van der Waals surface area contributed by atoms with E-state index in [1.165, 1.54) is 18.9 Å². The molecule has 2 N–H and O–H groups in total. The number of benzene rings is 1. The highest BCUT2D eigenvalue weighted by Crippen LogP contribution is 2.29. The van der Waals surface area contributed by atoms with E-state index in [1.54, 1.807) is 25.3 Å². The number of carbonyl (C=O) groups excluding carboxylic acids is 1. The average molecular weight is 325 g/mol. The van der Waals surface area contributed by atoms with Crippen LogP contribution in [-0.2, 0) is 16.0 Å². The molecular formula is C15H19NO5S. The Labute approximate surface area is 133 Å². The summed E-state index contributed by atoms with van der Waals surface area (Å²) in [6, 6.07) is 5.20. The third kappa shape index (κ3) is 3.47. The molecule has 1 heterocycles. The van der Waals surface area contributed by atoms with E-state index in [0.29, 0.717) is 23.7 Å². The number of methoxy groups -OCH3 is 2. The molecule has 1 aliphatic rings. The molecule has 0 radical (unpaired) electrons. The number of hydrogen-bond donors (Lipinski definition) is 2. The summed E-state index contributed by atoms with van der Waals surface area (Å²) in [6.07, 6.45) is 0.546. The van der Waals surface area contributed by atoms with Gasteiger partial charge in [-0.25, -0.2) is 4.79 Å². The van der Waals surface area contributed by atoms with Gasteiger partial charge in [0.1, 0.15) is 5.54 Å². The van der Waals surface area contributed by atoms with E-state index in [2.05, 4.69) is 5.32 Å². The highest BCUT2D eigenvalue weighted by Gasteiger charge is 2.43. The monoisotopic (exact) mass is 325 g/mol. The second-order valence-electron chi connectivity index (χ2n) is 5.10. The summed E-state index contributed by atoms with van der Waals surface area (Å²) < 4.78 is 10.3. The van der Waals surface area contributed by atoms with Crippen LogP contribution in [0.1, 0.15) is 12.0 Å². The number of amides is 1. The van der Waals surface area contributed by atoms with E-state index in [0.717, 1.165) is 11.3 Å². The molecule has 0 bridgehead atoms. The third-order valence-electron chi connectivity index (χ3n) is 3.62. The lowest BCUT2D eigenvalue weighted by Crippen LogP contribution is -2.55. The molecule has 1 atom stereocenters. The third-order valence-corrected chi connectivity index (χ3v) is 4.81. The minimum Gasteiger partial charge on any atom is -0.493 e. The van der Waals surface area contributed by atoms with Crippen molar-refractivity contribution >= 4 is 23.6 Å². The largest absolute Gasteiger partial charge is 0.493 e. The van der Waals surface area contributed by atoms with Gasteiger partial charge in [0.15, 0.2) is 11.5 Å². The van der Waals surface area contributed by atoms with Crippen molar-refractivity contribution in [3.63, 3.8) is 0 Å². The number of hydrogen-bond acceptors (Lipinski definition) is 5. The SMILES string of the molecule is COc1ccc(CC(=O)NC2(C(=O)O)CCSC2)cc1OC. The van der Waals surface area contributed by atoms with Crippen molar-refractivity contribution in [3.05, 3.63) is 23.8 Å². The molecule has 7 heteroatoms. The molecule has 1 aromatic carbocycles. The fourth-order valence-electron chi connectivity index (χ4n) is 2.37. The molecule has 1 aliphatic heterocycles. The quantitative estimate of drug-likeness (QED) is 0.821. The van der Waals surface area contributed by atoms with Gasteiger partial charge < -0.3 is 19.9 Å². The highest BCUT2D eigenvalue weighted by atomic mass is 32.2. The van der Waals surface area contributed by atoms with Crippen LogP contribution in [0.15, 0.2) is 18.2 Å². The van der Waals surface area contributed by atoms with Crippen LogP contribution in [0, 0.1) is 0 Å². The van der Waals surface area contributed by atoms with Crippen LogP contribution >= 0.6 is 11.8 Å². The Kier molecular flexibility index (Phi) is 5.18. The molecule has 0 aliphatic carbocycles. The maximum Gasteiger partial charge on any atom is 0.330 e. The first-order valence-electron chi connectivity index (χ1n) is 6.84. The zero-order chi connectivity index (χ0) is 16.2. The van der Waals surface area contributed by atoms with Gasteiger partial charge in [-0.15, -0.1) is 0 Å². The van der Waals surface area contributed by atoms with E-state index < -0.39 is 11.5 Å². The van der Waals surface area contributed by atoms with Crippen LogP contribution < -0.4 is 14.8 Å². The van der Waals surface area contributed by atoms with Gasteiger partial charge in [0, 0.05) is 5.75 Å². The molecule has 1 unspecified atom stereocenters. The molecule has 1 amide bonds. The number of nitrogens with one attached hydrogen (secondary N) is 1. The molecule has 1 saturated heterocycles. The molecule has 0 saturated carbocycles. The minimum atomic E-state index is -1.14. The van der Waals surface area contributed by atoms with Gasteiger partial charge in [-0.05, 0) is 29.9 Å². The number of rotatable bonds is 6. The van der Waals surface area contributed by atoms with Crippen LogP contribution in [0.2, 0.25) is 0 Å². The molecule has 2 rings (SSSR count). The molecule has 6 nitrogen and oxygen atoms in total. The van der Waals surface area contributed by atoms with Crippen molar-refractivity contribution in [3.8, 4) is 11.5 Å². The van der Waals surface area contributed by atoms with E-state index in [-0.39, 0.29) is 12.3 Å². The standard InChI is InChI=1S/C15H19NO5S/c1-20-11-4-3-10(7-12(11)21-2)8-13(17)16-15(14(18)19)5-6-22-9-15/h3-4,7H,5-6,8-9H2,1-2H3,(H,16,17)(H,18,19). The normalized spacial score (nSPS) is 20.5. The van der Waals surface area contributed by atoms with Crippen molar-refractivity contribution < 1.29 is 24.2 Å². The molecule has 1 fully saturated rings. The summed E-state index contributed by atoms with van der Waals surface area (Å²) in [5.41, 5.74) is -0.403. The van der Waals surface area contributed by atoms with Crippen molar-refractivity contribution in [2.75, 3.05) is 25.7 Å². The number of carboxylic acid groups (broad SMARTS) is 1. The maximum atomic E-state index is 12.2. The average Bonchev–Trinajstić information content (AvgIpc) is 2.96. The van der Waals surface area contributed by atoms with Crippen LogP contribution in [0.5, 0.6) is 11.5 Å². The van der Waals surface area contributed by atoms with Gasteiger partial charge in [0.05, 0.1) is 20.6 Å². The smallest absolute Gasteiger partial charge is 0.330 e. The van der Waals surface area contributed by atoms with E-state index >= 15 is 0 Å². The second-order valence-corrected chi connectivity index (χ2v) is 6.21. The maximum absolute atomic E-state index is 12.2. The first-order valence-corrected chi connectivity index (χ1v) is 7.99. The summed E-state index contributed by atoms with van der Waals surface area (Å²) in [6.45, 7) is 0. The molecule has 1 aromatic rings. The number of carboxylic acids is 1. The van der Waals surface area contributed by atoms with Gasteiger partial charge in [-0.1, -0.05) is 6.07 Å². The van der Waals surface area contributed by atoms with Crippen LogP contribution in [0.4, 0.5) is 0 Å². The summed E-state index contributed by atoms with van der Waals surface area (Å²) in [7, 11) is 3.06. The predicted octanol–water partition coefficient (Wildman–Crippen LogP) is 1.32. The number of thioether (sulfide) groups is 1. The Balaban J connectivity index is 2.07.